The first-order valence-corrected chi connectivity index (χ1v) is 7.15. The van der Waals surface area contributed by atoms with Crippen molar-refractivity contribution in [2.24, 2.45) is 5.73 Å². The average Bonchev–Trinajstić information content (AvgIpc) is 2.50. The van der Waals surface area contributed by atoms with Gasteiger partial charge in [-0.1, -0.05) is 17.8 Å². The number of halogens is 1. The van der Waals surface area contributed by atoms with Gasteiger partial charge in [-0.05, 0) is 30.3 Å². The van der Waals surface area contributed by atoms with Crippen LogP contribution in [0.15, 0.2) is 46.2 Å². The minimum absolute atomic E-state index is 0.0149. The number of primary amides is 1. The first kappa shape index (κ1) is 16.6. The lowest BCUT2D eigenvalue weighted by atomic mass is 10.2. The van der Waals surface area contributed by atoms with E-state index in [-0.39, 0.29) is 21.9 Å². The quantitative estimate of drug-likeness (QED) is 0.657. The van der Waals surface area contributed by atoms with Crippen molar-refractivity contribution in [2.75, 3.05) is 12.8 Å². The highest BCUT2D eigenvalue weighted by atomic mass is 32.2. The van der Waals surface area contributed by atoms with E-state index in [0.29, 0.717) is 4.90 Å². The van der Waals surface area contributed by atoms with Gasteiger partial charge in [0.15, 0.2) is 0 Å². The Balaban J connectivity index is 2.36. The summed E-state index contributed by atoms with van der Waals surface area (Å²) < 4.78 is 23.4. The molecular formula is C15H13FN2O4S. The number of rotatable bonds is 4. The Morgan fingerprint density at radius 1 is 1.22 bits per heavy atom. The molecule has 2 aromatic carbocycles. The van der Waals surface area contributed by atoms with Crippen molar-refractivity contribution in [3.63, 3.8) is 0 Å². The molecule has 0 aromatic heterocycles. The second-order valence-electron chi connectivity index (χ2n) is 4.33. The van der Waals surface area contributed by atoms with Crippen LogP contribution in [-0.4, -0.2) is 19.2 Å². The number of esters is 1. The van der Waals surface area contributed by atoms with E-state index in [2.05, 4.69) is 4.74 Å². The third kappa shape index (κ3) is 3.92. The highest BCUT2D eigenvalue weighted by molar-refractivity contribution is 7.99. The van der Waals surface area contributed by atoms with E-state index in [1.165, 1.54) is 37.4 Å². The first-order valence-electron chi connectivity index (χ1n) is 6.34. The third-order valence-electron chi connectivity index (χ3n) is 2.78. The van der Waals surface area contributed by atoms with Gasteiger partial charge in [0.2, 0.25) is 0 Å². The molecule has 0 unspecified atom stereocenters. The number of nitrogens with two attached hydrogens (primary N) is 2. The second kappa shape index (κ2) is 7.01. The van der Waals surface area contributed by atoms with Gasteiger partial charge in [0, 0.05) is 10.6 Å². The largest absolute Gasteiger partial charge is 0.465 e. The van der Waals surface area contributed by atoms with Crippen molar-refractivity contribution in [1.82, 2.24) is 0 Å². The number of ether oxygens (including phenoxy) is 2. The first-order chi connectivity index (χ1) is 10.9. The Bertz CT molecular complexity index is 767. The predicted octanol–water partition coefficient (Wildman–Crippen LogP) is 2.80. The van der Waals surface area contributed by atoms with Crippen molar-refractivity contribution in [2.45, 2.75) is 9.79 Å². The van der Waals surface area contributed by atoms with Crippen LogP contribution in [0.2, 0.25) is 0 Å². The summed E-state index contributed by atoms with van der Waals surface area (Å²) >= 11 is 0.953. The Hall–Kier alpha value is -2.74. The van der Waals surface area contributed by atoms with Crippen LogP contribution in [0.4, 0.5) is 14.9 Å². The van der Waals surface area contributed by atoms with E-state index < -0.39 is 17.9 Å². The van der Waals surface area contributed by atoms with Gasteiger partial charge in [-0.2, -0.15) is 0 Å². The molecule has 23 heavy (non-hydrogen) atoms. The molecule has 0 radical (unpaired) electrons. The lowest BCUT2D eigenvalue weighted by Crippen LogP contribution is -2.16. The van der Waals surface area contributed by atoms with Crippen LogP contribution in [0.1, 0.15) is 10.4 Å². The number of nitrogen functional groups attached to an aromatic ring is 1. The van der Waals surface area contributed by atoms with Crippen molar-refractivity contribution < 1.29 is 23.5 Å². The van der Waals surface area contributed by atoms with Crippen LogP contribution >= 0.6 is 11.8 Å². The highest BCUT2D eigenvalue weighted by Crippen LogP contribution is 2.39. The zero-order chi connectivity index (χ0) is 17.0. The monoisotopic (exact) mass is 336 g/mol. The number of benzene rings is 2. The number of anilines is 1. The van der Waals surface area contributed by atoms with Gasteiger partial charge < -0.3 is 20.9 Å². The molecule has 0 saturated carbocycles. The van der Waals surface area contributed by atoms with Gasteiger partial charge in [-0.3, -0.25) is 0 Å². The van der Waals surface area contributed by atoms with Crippen molar-refractivity contribution in [1.29, 1.82) is 0 Å². The SMILES string of the molecule is COC(=O)c1ccc(Sc2c(F)cccc2OC(N)=O)c(N)c1. The third-order valence-corrected chi connectivity index (χ3v) is 3.98. The molecule has 8 heteroatoms. The van der Waals surface area contributed by atoms with E-state index in [9.17, 15) is 14.0 Å². The Labute approximate surface area is 135 Å². The van der Waals surface area contributed by atoms with Crippen LogP contribution in [0.3, 0.4) is 0 Å². The second-order valence-corrected chi connectivity index (χ2v) is 5.39. The minimum atomic E-state index is -1.05. The summed E-state index contributed by atoms with van der Waals surface area (Å²) in [6, 6.07) is 8.49. The van der Waals surface area contributed by atoms with Crippen LogP contribution in [0.25, 0.3) is 0 Å². The fourth-order valence-electron chi connectivity index (χ4n) is 1.77. The number of amides is 1. The number of carbonyl (C=O) groups excluding carboxylic acids is 2. The minimum Gasteiger partial charge on any atom is -0.465 e. The lowest BCUT2D eigenvalue weighted by molar-refractivity contribution is 0.0600. The van der Waals surface area contributed by atoms with Gasteiger partial charge in [0.05, 0.1) is 17.6 Å². The number of methoxy groups -OCH3 is 1. The van der Waals surface area contributed by atoms with Gasteiger partial charge in [-0.15, -0.1) is 0 Å². The molecule has 2 rings (SSSR count). The summed E-state index contributed by atoms with van der Waals surface area (Å²) in [4.78, 5) is 22.9. The Kier molecular flexibility index (Phi) is 5.07. The van der Waals surface area contributed by atoms with E-state index >= 15 is 0 Å². The molecule has 0 spiro atoms. The molecule has 120 valence electrons. The molecule has 0 aliphatic carbocycles. The van der Waals surface area contributed by atoms with Crippen molar-refractivity contribution >= 4 is 29.5 Å². The Morgan fingerprint density at radius 2 is 1.96 bits per heavy atom. The topological polar surface area (TPSA) is 105 Å². The van der Waals surface area contributed by atoms with Gasteiger partial charge >= 0.3 is 12.1 Å². The fourth-order valence-corrected chi connectivity index (χ4v) is 2.68. The molecule has 1 amide bonds. The molecule has 0 aliphatic rings. The molecule has 0 fully saturated rings. The fraction of sp³-hybridized carbons (Fsp3) is 0.0667. The molecule has 4 N–H and O–H groups in total. The standard InChI is InChI=1S/C15H13FN2O4S/c1-21-14(19)8-5-6-12(10(17)7-8)23-13-9(16)3-2-4-11(13)22-15(18)20/h2-7H,17H2,1H3,(H2,18,20). The lowest BCUT2D eigenvalue weighted by Gasteiger charge is -2.11. The zero-order valence-corrected chi connectivity index (χ0v) is 12.9. The molecule has 0 heterocycles. The smallest absolute Gasteiger partial charge is 0.410 e. The van der Waals surface area contributed by atoms with E-state index in [1.54, 1.807) is 6.07 Å². The number of hydrogen-bond donors (Lipinski definition) is 2. The summed E-state index contributed by atoms with van der Waals surface area (Å²) in [5.74, 6) is -1.14. The maximum Gasteiger partial charge on any atom is 0.410 e. The summed E-state index contributed by atoms with van der Waals surface area (Å²) in [6.45, 7) is 0. The van der Waals surface area contributed by atoms with Crippen LogP contribution in [0.5, 0.6) is 5.75 Å². The van der Waals surface area contributed by atoms with Crippen LogP contribution in [-0.2, 0) is 4.74 Å². The molecule has 0 atom stereocenters. The van der Waals surface area contributed by atoms with Gasteiger partial charge in [0.1, 0.15) is 11.6 Å². The maximum atomic E-state index is 14.0. The van der Waals surface area contributed by atoms with E-state index in [0.717, 1.165) is 11.8 Å². The summed E-state index contributed by atoms with van der Waals surface area (Å²) in [7, 11) is 1.26. The predicted molar refractivity (Wildman–Crippen MR) is 82.9 cm³/mol. The van der Waals surface area contributed by atoms with Gasteiger partial charge in [-0.25, -0.2) is 14.0 Å². The Morgan fingerprint density at radius 3 is 2.57 bits per heavy atom. The molecule has 0 bridgehead atoms. The zero-order valence-electron chi connectivity index (χ0n) is 12.0. The normalized spacial score (nSPS) is 10.2. The summed E-state index contributed by atoms with van der Waals surface area (Å²) in [5, 5.41) is 0. The van der Waals surface area contributed by atoms with Crippen molar-refractivity contribution in [3.05, 3.63) is 47.8 Å². The summed E-state index contributed by atoms with van der Waals surface area (Å²) in [6.07, 6.45) is -1.05. The highest BCUT2D eigenvalue weighted by Gasteiger charge is 2.16. The molecular weight excluding hydrogens is 323 g/mol. The van der Waals surface area contributed by atoms with E-state index in [1.807, 2.05) is 0 Å². The average molecular weight is 336 g/mol. The van der Waals surface area contributed by atoms with Crippen LogP contribution in [0, 0.1) is 5.82 Å². The number of carbonyl (C=O) groups is 2. The molecule has 6 nitrogen and oxygen atoms in total. The van der Waals surface area contributed by atoms with Gasteiger partial charge in [0.25, 0.3) is 0 Å². The molecule has 2 aromatic rings. The van der Waals surface area contributed by atoms with Crippen molar-refractivity contribution in [3.8, 4) is 5.75 Å². The van der Waals surface area contributed by atoms with E-state index in [4.69, 9.17) is 16.2 Å². The molecule has 0 aliphatic heterocycles. The molecule has 0 saturated heterocycles. The number of hydrogen-bond acceptors (Lipinski definition) is 6. The summed E-state index contributed by atoms with van der Waals surface area (Å²) in [5.41, 5.74) is 11.4. The maximum absolute atomic E-state index is 14.0. The van der Waals surface area contributed by atoms with Crippen LogP contribution < -0.4 is 16.2 Å².